The molecule has 0 radical (unpaired) electrons. The topological polar surface area (TPSA) is 44.5 Å². The lowest BCUT2D eigenvalue weighted by molar-refractivity contribution is 0.381. The van der Waals surface area contributed by atoms with E-state index in [1.165, 1.54) is 0 Å². The molecule has 0 aliphatic rings. The fourth-order valence-electron chi connectivity index (χ4n) is 1.72. The highest BCUT2D eigenvalue weighted by Crippen LogP contribution is 2.31. The third kappa shape index (κ3) is 4.10. The number of halogens is 1. The predicted molar refractivity (Wildman–Crippen MR) is 73.5 cm³/mol. The summed E-state index contributed by atoms with van der Waals surface area (Å²) in [6.07, 6.45) is 1.73. The molecule has 0 aromatic heterocycles. The van der Waals surface area contributed by atoms with Crippen LogP contribution in [0.2, 0.25) is 0 Å². The monoisotopic (exact) mass is 259 g/mol. The van der Waals surface area contributed by atoms with Crippen molar-refractivity contribution in [3.05, 3.63) is 23.3 Å². The summed E-state index contributed by atoms with van der Waals surface area (Å²) in [4.78, 5) is 0. The molecule has 1 aromatic carbocycles. The first-order valence-corrected chi connectivity index (χ1v) is 5.59. The summed E-state index contributed by atoms with van der Waals surface area (Å²) < 4.78 is 10.8. The van der Waals surface area contributed by atoms with Gasteiger partial charge in [-0.25, -0.2) is 0 Å². The van der Waals surface area contributed by atoms with Gasteiger partial charge in [0.05, 0.1) is 14.2 Å². The van der Waals surface area contributed by atoms with E-state index in [0.29, 0.717) is 0 Å². The fourth-order valence-corrected chi connectivity index (χ4v) is 1.72. The van der Waals surface area contributed by atoms with Crippen molar-refractivity contribution in [3.8, 4) is 11.5 Å². The Bertz CT molecular complexity index is 330. The van der Waals surface area contributed by atoms with E-state index in [4.69, 9.17) is 15.2 Å². The zero-order valence-corrected chi connectivity index (χ0v) is 11.8. The molecule has 0 saturated heterocycles. The molecule has 98 valence electrons. The Morgan fingerprint density at radius 2 is 1.65 bits per heavy atom. The van der Waals surface area contributed by atoms with Crippen molar-refractivity contribution < 1.29 is 9.47 Å². The highest BCUT2D eigenvalue weighted by molar-refractivity contribution is 5.85. The number of aryl methyl sites for hydroxylation is 1. The van der Waals surface area contributed by atoms with Crippen molar-refractivity contribution in [1.29, 1.82) is 0 Å². The molecule has 0 aliphatic heterocycles. The van der Waals surface area contributed by atoms with Crippen LogP contribution in [0.4, 0.5) is 0 Å². The van der Waals surface area contributed by atoms with Crippen LogP contribution in [-0.2, 0) is 6.42 Å². The van der Waals surface area contributed by atoms with E-state index in [2.05, 4.69) is 6.92 Å². The average molecular weight is 260 g/mol. The minimum Gasteiger partial charge on any atom is -0.496 e. The Balaban J connectivity index is 0.00000256. The maximum Gasteiger partial charge on any atom is 0.126 e. The molecule has 1 rings (SSSR count). The van der Waals surface area contributed by atoms with Gasteiger partial charge in [-0.05, 0) is 37.5 Å². The number of rotatable bonds is 5. The smallest absolute Gasteiger partial charge is 0.126 e. The number of hydrogen-bond acceptors (Lipinski definition) is 3. The van der Waals surface area contributed by atoms with Crippen LogP contribution in [0.1, 0.15) is 24.5 Å². The average Bonchev–Trinajstić information content (AvgIpc) is 2.30. The van der Waals surface area contributed by atoms with Gasteiger partial charge in [0.25, 0.3) is 0 Å². The second kappa shape index (κ2) is 7.41. The molecule has 0 fully saturated rings. The van der Waals surface area contributed by atoms with Crippen molar-refractivity contribution in [2.45, 2.75) is 32.7 Å². The minimum absolute atomic E-state index is 0. The first-order valence-electron chi connectivity index (χ1n) is 5.59. The quantitative estimate of drug-likeness (QED) is 0.884. The first-order chi connectivity index (χ1) is 7.62. The zero-order chi connectivity index (χ0) is 12.1. The largest absolute Gasteiger partial charge is 0.496 e. The SMILES string of the molecule is CCC(N)Cc1c(OC)cc(C)cc1OC.Cl. The first kappa shape index (κ1) is 16.1. The van der Waals surface area contributed by atoms with E-state index in [9.17, 15) is 0 Å². The lowest BCUT2D eigenvalue weighted by Crippen LogP contribution is -2.22. The van der Waals surface area contributed by atoms with Gasteiger partial charge in [0.15, 0.2) is 0 Å². The van der Waals surface area contributed by atoms with Gasteiger partial charge in [-0.1, -0.05) is 6.92 Å². The maximum absolute atomic E-state index is 5.98. The molecule has 0 saturated carbocycles. The highest BCUT2D eigenvalue weighted by atomic mass is 35.5. The number of hydrogen-bond donors (Lipinski definition) is 1. The van der Waals surface area contributed by atoms with Crippen LogP contribution in [0.5, 0.6) is 11.5 Å². The van der Waals surface area contributed by atoms with Crippen LogP contribution in [0.15, 0.2) is 12.1 Å². The van der Waals surface area contributed by atoms with Crippen LogP contribution in [0.25, 0.3) is 0 Å². The molecule has 1 unspecified atom stereocenters. The number of benzene rings is 1. The van der Waals surface area contributed by atoms with Crippen molar-refractivity contribution >= 4 is 12.4 Å². The summed E-state index contributed by atoms with van der Waals surface area (Å²) in [6, 6.07) is 4.17. The maximum atomic E-state index is 5.98. The summed E-state index contributed by atoms with van der Waals surface area (Å²) in [5.74, 6) is 1.72. The number of ether oxygens (including phenoxy) is 2. The summed E-state index contributed by atoms with van der Waals surface area (Å²) in [6.45, 7) is 4.10. The lowest BCUT2D eigenvalue weighted by Gasteiger charge is -2.17. The van der Waals surface area contributed by atoms with E-state index in [-0.39, 0.29) is 18.4 Å². The Morgan fingerprint density at radius 1 is 1.18 bits per heavy atom. The van der Waals surface area contributed by atoms with Crippen LogP contribution < -0.4 is 15.2 Å². The molecule has 1 atom stereocenters. The zero-order valence-electron chi connectivity index (χ0n) is 10.9. The minimum atomic E-state index is 0. The molecular formula is C13H22ClNO2. The molecule has 4 heteroatoms. The van der Waals surface area contributed by atoms with Gasteiger partial charge in [-0.3, -0.25) is 0 Å². The second-order valence-electron chi connectivity index (χ2n) is 4.02. The third-order valence-electron chi connectivity index (χ3n) is 2.74. The molecule has 0 heterocycles. The normalized spacial score (nSPS) is 11.6. The highest BCUT2D eigenvalue weighted by Gasteiger charge is 2.13. The van der Waals surface area contributed by atoms with Gasteiger partial charge in [-0.15, -0.1) is 12.4 Å². The lowest BCUT2D eigenvalue weighted by atomic mass is 10.0. The van der Waals surface area contributed by atoms with Gasteiger partial charge >= 0.3 is 0 Å². The summed E-state index contributed by atoms with van der Waals surface area (Å²) in [7, 11) is 3.35. The van der Waals surface area contributed by atoms with Crippen molar-refractivity contribution in [1.82, 2.24) is 0 Å². The van der Waals surface area contributed by atoms with Crippen molar-refractivity contribution in [3.63, 3.8) is 0 Å². The van der Waals surface area contributed by atoms with Gasteiger partial charge in [0.2, 0.25) is 0 Å². The van der Waals surface area contributed by atoms with Crippen molar-refractivity contribution in [2.24, 2.45) is 5.73 Å². The van der Waals surface area contributed by atoms with E-state index in [1.807, 2.05) is 19.1 Å². The molecule has 0 aliphatic carbocycles. The standard InChI is InChI=1S/C13H21NO2.ClH/c1-5-10(14)8-11-12(15-3)6-9(2)7-13(11)16-4;/h6-7,10H,5,8,14H2,1-4H3;1H. The molecule has 2 N–H and O–H groups in total. The van der Waals surface area contributed by atoms with E-state index < -0.39 is 0 Å². The number of methoxy groups -OCH3 is 2. The molecule has 3 nitrogen and oxygen atoms in total. The van der Waals surface area contributed by atoms with Crippen LogP contribution in [-0.4, -0.2) is 20.3 Å². The Hall–Kier alpha value is -0.930. The molecule has 1 aromatic rings. The van der Waals surface area contributed by atoms with Gasteiger partial charge in [0.1, 0.15) is 11.5 Å². The van der Waals surface area contributed by atoms with Crippen LogP contribution in [0, 0.1) is 6.92 Å². The van der Waals surface area contributed by atoms with Crippen LogP contribution in [0.3, 0.4) is 0 Å². The molecule has 0 bridgehead atoms. The van der Waals surface area contributed by atoms with E-state index in [0.717, 1.165) is 35.5 Å². The third-order valence-corrected chi connectivity index (χ3v) is 2.74. The predicted octanol–water partition coefficient (Wildman–Crippen LogP) is 2.71. The van der Waals surface area contributed by atoms with Crippen molar-refractivity contribution in [2.75, 3.05) is 14.2 Å². The van der Waals surface area contributed by atoms with Gasteiger partial charge in [-0.2, -0.15) is 0 Å². The number of nitrogens with two attached hydrogens (primary N) is 1. The van der Waals surface area contributed by atoms with Gasteiger partial charge in [0, 0.05) is 11.6 Å². The second-order valence-corrected chi connectivity index (χ2v) is 4.02. The van der Waals surface area contributed by atoms with Crippen LogP contribution >= 0.6 is 12.4 Å². The van der Waals surface area contributed by atoms with E-state index >= 15 is 0 Å². The molecule has 17 heavy (non-hydrogen) atoms. The van der Waals surface area contributed by atoms with Gasteiger partial charge < -0.3 is 15.2 Å². The summed E-state index contributed by atoms with van der Waals surface area (Å²) in [5, 5.41) is 0. The molecule has 0 amide bonds. The Morgan fingerprint density at radius 3 is 2.00 bits per heavy atom. The fraction of sp³-hybridized carbons (Fsp3) is 0.538. The Labute approximate surface area is 110 Å². The Kier molecular flexibility index (Phi) is 7.00. The van der Waals surface area contributed by atoms with E-state index in [1.54, 1.807) is 14.2 Å². The molecular weight excluding hydrogens is 238 g/mol. The summed E-state index contributed by atoms with van der Waals surface area (Å²) in [5.41, 5.74) is 8.17. The molecule has 0 spiro atoms. The summed E-state index contributed by atoms with van der Waals surface area (Å²) >= 11 is 0.